The summed E-state index contributed by atoms with van der Waals surface area (Å²) in [4.78, 5) is 28.3. The van der Waals surface area contributed by atoms with Crippen LogP contribution in [0, 0.1) is 0 Å². The van der Waals surface area contributed by atoms with Crippen LogP contribution in [-0.4, -0.2) is 36.4 Å². The normalized spacial score (nSPS) is 11.9. The number of amides is 2. The molecule has 1 heterocycles. The van der Waals surface area contributed by atoms with Gasteiger partial charge in [0.1, 0.15) is 11.9 Å². The van der Waals surface area contributed by atoms with Gasteiger partial charge in [-0.05, 0) is 31.9 Å². The molecule has 21 heavy (non-hydrogen) atoms. The van der Waals surface area contributed by atoms with Gasteiger partial charge in [-0.1, -0.05) is 13.8 Å². The molecule has 0 spiro atoms. The lowest BCUT2D eigenvalue weighted by molar-refractivity contribution is -0.122. The minimum atomic E-state index is -0.578. The summed E-state index contributed by atoms with van der Waals surface area (Å²) in [6.07, 6.45) is 0. The van der Waals surface area contributed by atoms with Crippen molar-refractivity contribution in [2.24, 2.45) is 0 Å². The molecule has 0 aliphatic heterocycles. The molecule has 1 aromatic rings. The minimum absolute atomic E-state index is 0.196. The molecule has 1 unspecified atom stereocenters. The van der Waals surface area contributed by atoms with Crippen molar-refractivity contribution in [1.29, 1.82) is 0 Å². The highest BCUT2D eigenvalue weighted by Crippen LogP contribution is 2.17. The molecule has 0 radical (unpaired) electrons. The molecule has 1 atom stereocenters. The fourth-order valence-electron chi connectivity index (χ4n) is 1.78. The number of likely N-dealkylation sites (N-methyl/N-ethyl adjacent to an activating group) is 1. The van der Waals surface area contributed by atoms with E-state index in [9.17, 15) is 9.59 Å². The summed E-state index contributed by atoms with van der Waals surface area (Å²) >= 11 is 0. The maximum absolute atomic E-state index is 12.3. The van der Waals surface area contributed by atoms with Gasteiger partial charge >= 0.3 is 0 Å². The number of hydrogen-bond donors (Lipinski definition) is 3. The van der Waals surface area contributed by atoms with Crippen molar-refractivity contribution >= 4 is 17.6 Å². The van der Waals surface area contributed by atoms with Crippen molar-refractivity contribution in [3.8, 4) is 0 Å². The third kappa shape index (κ3) is 4.73. The number of hydrogen-bond acceptors (Lipinski definition) is 4. The lowest BCUT2D eigenvalue weighted by Gasteiger charge is -2.15. The monoisotopic (exact) mass is 292 g/mol. The Balaban J connectivity index is 2.91. The van der Waals surface area contributed by atoms with E-state index in [-0.39, 0.29) is 17.7 Å². The van der Waals surface area contributed by atoms with E-state index in [1.165, 1.54) is 0 Å². The molecule has 0 saturated carbocycles. The van der Waals surface area contributed by atoms with Gasteiger partial charge in [0.05, 0.1) is 0 Å². The number of pyridine rings is 1. The second-order valence-electron chi connectivity index (χ2n) is 5.16. The van der Waals surface area contributed by atoms with Crippen molar-refractivity contribution in [3.63, 3.8) is 0 Å². The van der Waals surface area contributed by atoms with Crippen molar-refractivity contribution in [2.45, 2.75) is 39.7 Å². The topological polar surface area (TPSA) is 83.1 Å². The summed E-state index contributed by atoms with van der Waals surface area (Å²) < 4.78 is 0. The molecule has 0 bridgehead atoms. The first kappa shape index (κ1) is 16.9. The molecular weight excluding hydrogens is 268 g/mol. The van der Waals surface area contributed by atoms with Gasteiger partial charge in [0.15, 0.2) is 0 Å². The molecule has 1 rings (SSSR count). The summed E-state index contributed by atoms with van der Waals surface area (Å²) in [5, 5.41) is 8.31. The zero-order valence-corrected chi connectivity index (χ0v) is 13.3. The number of rotatable bonds is 6. The van der Waals surface area contributed by atoms with Crippen LogP contribution in [0.4, 0.5) is 5.82 Å². The van der Waals surface area contributed by atoms with Crippen LogP contribution in [0.3, 0.4) is 0 Å². The highest BCUT2D eigenvalue weighted by Gasteiger charge is 2.17. The van der Waals surface area contributed by atoms with Crippen molar-refractivity contribution in [2.75, 3.05) is 18.9 Å². The van der Waals surface area contributed by atoms with Gasteiger partial charge in [0, 0.05) is 24.8 Å². The molecule has 6 nitrogen and oxygen atoms in total. The molecule has 0 saturated heterocycles. The Bertz CT molecular complexity index is 514. The smallest absolute Gasteiger partial charge is 0.252 e. The highest BCUT2D eigenvalue weighted by molar-refractivity contribution is 5.98. The third-order valence-electron chi connectivity index (χ3n) is 3.05. The fourth-order valence-corrected chi connectivity index (χ4v) is 1.78. The predicted octanol–water partition coefficient (Wildman–Crippen LogP) is 1.50. The van der Waals surface area contributed by atoms with E-state index < -0.39 is 6.04 Å². The first-order chi connectivity index (χ1) is 9.88. The zero-order chi connectivity index (χ0) is 16.0. The summed E-state index contributed by atoms with van der Waals surface area (Å²) in [7, 11) is 1.76. The molecule has 2 amide bonds. The van der Waals surface area contributed by atoms with Crippen LogP contribution in [0.15, 0.2) is 12.1 Å². The first-order valence-electron chi connectivity index (χ1n) is 7.17. The average molecular weight is 292 g/mol. The van der Waals surface area contributed by atoms with Crippen LogP contribution in [0.2, 0.25) is 0 Å². The largest absolute Gasteiger partial charge is 0.373 e. The summed E-state index contributed by atoms with van der Waals surface area (Å²) in [6, 6.07) is 2.85. The molecular formula is C15H24N4O2. The van der Waals surface area contributed by atoms with E-state index in [1.54, 1.807) is 26.1 Å². The SMILES string of the molecule is CCNC(=O)C(C)NC(=O)c1cc(NC)nc(C(C)C)c1. The zero-order valence-electron chi connectivity index (χ0n) is 13.3. The van der Waals surface area contributed by atoms with Crippen LogP contribution >= 0.6 is 0 Å². The van der Waals surface area contributed by atoms with E-state index in [1.807, 2.05) is 20.8 Å². The molecule has 0 fully saturated rings. The Morgan fingerprint density at radius 2 is 1.90 bits per heavy atom. The van der Waals surface area contributed by atoms with Crippen molar-refractivity contribution in [3.05, 3.63) is 23.4 Å². The quantitative estimate of drug-likeness (QED) is 0.742. The van der Waals surface area contributed by atoms with E-state index in [0.29, 0.717) is 17.9 Å². The van der Waals surface area contributed by atoms with E-state index >= 15 is 0 Å². The van der Waals surface area contributed by atoms with E-state index in [2.05, 4.69) is 20.9 Å². The first-order valence-corrected chi connectivity index (χ1v) is 7.17. The van der Waals surface area contributed by atoms with Crippen LogP contribution in [-0.2, 0) is 4.79 Å². The number of aromatic nitrogens is 1. The second-order valence-corrected chi connectivity index (χ2v) is 5.16. The van der Waals surface area contributed by atoms with Crippen molar-refractivity contribution in [1.82, 2.24) is 15.6 Å². The molecule has 0 aliphatic carbocycles. The molecule has 6 heteroatoms. The highest BCUT2D eigenvalue weighted by atomic mass is 16.2. The van der Waals surface area contributed by atoms with Gasteiger partial charge in [-0.25, -0.2) is 4.98 Å². The fraction of sp³-hybridized carbons (Fsp3) is 0.533. The van der Waals surface area contributed by atoms with E-state index in [0.717, 1.165) is 5.69 Å². The summed E-state index contributed by atoms with van der Waals surface area (Å²) in [6.45, 7) is 8.06. The van der Waals surface area contributed by atoms with E-state index in [4.69, 9.17) is 0 Å². The van der Waals surface area contributed by atoms with Crippen LogP contribution < -0.4 is 16.0 Å². The van der Waals surface area contributed by atoms with Crippen LogP contribution in [0.5, 0.6) is 0 Å². The maximum Gasteiger partial charge on any atom is 0.252 e. The van der Waals surface area contributed by atoms with Gasteiger partial charge < -0.3 is 16.0 Å². The number of carbonyl (C=O) groups is 2. The van der Waals surface area contributed by atoms with Crippen molar-refractivity contribution < 1.29 is 9.59 Å². The number of anilines is 1. The predicted molar refractivity (Wildman–Crippen MR) is 83.5 cm³/mol. The van der Waals surface area contributed by atoms with Gasteiger partial charge in [-0.3, -0.25) is 9.59 Å². The third-order valence-corrected chi connectivity index (χ3v) is 3.05. The Morgan fingerprint density at radius 1 is 1.24 bits per heavy atom. The lowest BCUT2D eigenvalue weighted by atomic mass is 10.1. The number of carbonyl (C=O) groups excluding carboxylic acids is 2. The molecule has 1 aromatic heterocycles. The molecule has 3 N–H and O–H groups in total. The summed E-state index contributed by atoms with van der Waals surface area (Å²) in [5.41, 5.74) is 1.33. The van der Waals surface area contributed by atoms with Gasteiger partial charge in [0.25, 0.3) is 5.91 Å². The Morgan fingerprint density at radius 3 is 2.43 bits per heavy atom. The van der Waals surface area contributed by atoms with Gasteiger partial charge in [-0.2, -0.15) is 0 Å². The van der Waals surface area contributed by atoms with Crippen LogP contribution in [0.1, 0.15) is 49.7 Å². The second kappa shape index (κ2) is 7.61. The Labute approximate surface area is 125 Å². The number of nitrogens with zero attached hydrogens (tertiary/aromatic N) is 1. The molecule has 116 valence electrons. The van der Waals surface area contributed by atoms with Crippen LogP contribution in [0.25, 0.3) is 0 Å². The average Bonchev–Trinajstić information content (AvgIpc) is 2.46. The van der Waals surface area contributed by atoms with Gasteiger partial charge in [-0.15, -0.1) is 0 Å². The minimum Gasteiger partial charge on any atom is -0.373 e. The Hall–Kier alpha value is -2.11. The summed E-state index contributed by atoms with van der Waals surface area (Å²) in [5.74, 6) is 0.370. The Kier molecular flexibility index (Phi) is 6.14. The molecule has 0 aromatic carbocycles. The number of nitrogens with one attached hydrogen (secondary N) is 3. The maximum atomic E-state index is 12.3. The lowest BCUT2D eigenvalue weighted by Crippen LogP contribution is -2.44. The molecule has 0 aliphatic rings. The standard InChI is InChI=1S/C15H24N4O2/c1-6-17-14(20)10(4)18-15(21)11-7-12(9(2)3)19-13(8-11)16-5/h7-10H,6H2,1-5H3,(H,16,19)(H,17,20)(H,18,21). The van der Waals surface area contributed by atoms with Gasteiger partial charge in [0.2, 0.25) is 5.91 Å².